The molecule has 0 aromatic heterocycles. The predicted molar refractivity (Wildman–Crippen MR) is 34.0 cm³/mol. The summed E-state index contributed by atoms with van der Waals surface area (Å²) in [5.74, 6) is 0.375. The standard InChI is InChI=1S/C7H12FN/c1-9-4-5-2-6(9)3-7(5)8/h5-7H,2-4H2,1H3. The van der Waals surface area contributed by atoms with Gasteiger partial charge in [-0.1, -0.05) is 0 Å². The van der Waals surface area contributed by atoms with E-state index in [1.54, 1.807) is 0 Å². The van der Waals surface area contributed by atoms with Crippen molar-refractivity contribution in [3.8, 4) is 0 Å². The molecule has 2 fully saturated rings. The molecule has 0 N–H and O–H groups in total. The van der Waals surface area contributed by atoms with Crippen molar-refractivity contribution in [3.05, 3.63) is 0 Å². The lowest BCUT2D eigenvalue weighted by molar-refractivity contribution is 0.165. The van der Waals surface area contributed by atoms with Crippen LogP contribution >= 0.6 is 0 Å². The van der Waals surface area contributed by atoms with Gasteiger partial charge in [0.15, 0.2) is 0 Å². The van der Waals surface area contributed by atoms with Crippen molar-refractivity contribution in [2.24, 2.45) is 5.92 Å². The summed E-state index contributed by atoms with van der Waals surface area (Å²) in [6.45, 7) is 0.992. The minimum absolute atomic E-state index is 0.375. The highest BCUT2D eigenvalue weighted by atomic mass is 19.1. The van der Waals surface area contributed by atoms with Gasteiger partial charge >= 0.3 is 0 Å². The van der Waals surface area contributed by atoms with E-state index in [0.717, 1.165) is 19.4 Å². The molecule has 1 saturated carbocycles. The number of halogens is 1. The van der Waals surface area contributed by atoms with Gasteiger partial charge < -0.3 is 4.90 Å². The second kappa shape index (κ2) is 1.69. The van der Waals surface area contributed by atoms with Crippen molar-refractivity contribution >= 4 is 0 Å². The van der Waals surface area contributed by atoms with E-state index in [1.165, 1.54) is 0 Å². The maximum atomic E-state index is 12.8. The Labute approximate surface area is 54.8 Å². The van der Waals surface area contributed by atoms with Crippen molar-refractivity contribution in [2.45, 2.75) is 25.1 Å². The molecular formula is C7H12FN. The van der Waals surface area contributed by atoms with Gasteiger partial charge in [0.1, 0.15) is 6.17 Å². The third-order valence-corrected chi connectivity index (χ3v) is 2.73. The maximum absolute atomic E-state index is 12.8. The summed E-state index contributed by atoms with van der Waals surface area (Å²) in [6, 6.07) is 0.574. The Kier molecular flexibility index (Phi) is 1.06. The Morgan fingerprint density at radius 3 is 2.56 bits per heavy atom. The average Bonchev–Trinajstić information content (AvgIpc) is 2.24. The van der Waals surface area contributed by atoms with Gasteiger partial charge in [-0.2, -0.15) is 0 Å². The van der Waals surface area contributed by atoms with E-state index >= 15 is 0 Å². The van der Waals surface area contributed by atoms with Crippen LogP contribution in [0.1, 0.15) is 12.8 Å². The third kappa shape index (κ3) is 0.692. The highest BCUT2D eigenvalue weighted by molar-refractivity contribution is 4.96. The molecule has 2 rings (SSSR count). The molecular weight excluding hydrogens is 117 g/mol. The first-order valence-electron chi connectivity index (χ1n) is 3.61. The van der Waals surface area contributed by atoms with E-state index < -0.39 is 6.17 Å². The van der Waals surface area contributed by atoms with Gasteiger partial charge in [-0.15, -0.1) is 0 Å². The zero-order valence-corrected chi connectivity index (χ0v) is 5.68. The molecule has 2 aliphatic rings. The Morgan fingerprint density at radius 1 is 1.44 bits per heavy atom. The number of rotatable bonds is 0. The Morgan fingerprint density at radius 2 is 2.22 bits per heavy atom. The van der Waals surface area contributed by atoms with Gasteiger partial charge in [-0.3, -0.25) is 0 Å². The van der Waals surface area contributed by atoms with Crippen LogP contribution in [0.3, 0.4) is 0 Å². The van der Waals surface area contributed by atoms with Crippen LogP contribution < -0.4 is 0 Å². The number of alkyl halides is 1. The van der Waals surface area contributed by atoms with E-state index in [9.17, 15) is 4.39 Å². The molecule has 1 aliphatic carbocycles. The van der Waals surface area contributed by atoms with Gasteiger partial charge in [0.25, 0.3) is 0 Å². The largest absolute Gasteiger partial charge is 0.303 e. The van der Waals surface area contributed by atoms with Crippen LogP contribution in [0, 0.1) is 5.92 Å². The molecule has 1 saturated heterocycles. The molecule has 0 radical (unpaired) electrons. The molecule has 1 aliphatic heterocycles. The monoisotopic (exact) mass is 129 g/mol. The summed E-state index contributed by atoms with van der Waals surface area (Å²) in [5.41, 5.74) is 0. The first-order valence-corrected chi connectivity index (χ1v) is 3.61. The van der Waals surface area contributed by atoms with Crippen molar-refractivity contribution in [1.29, 1.82) is 0 Å². The Hall–Kier alpha value is -0.110. The van der Waals surface area contributed by atoms with Crippen molar-refractivity contribution in [2.75, 3.05) is 13.6 Å². The zero-order chi connectivity index (χ0) is 6.43. The lowest BCUT2D eigenvalue weighted by Crippen LogP contribution is -2.32. The van der Waals surface area contributed by atoms with E-state index in [0.29, 0.717) is 12.0 Å². The summed E-state index contributed by atoms with van der Waals surface area (Å²) in [6.07, 6.45) is 1.42. The SMILES string of the molecule is CN1CC2CC1CC2F. The lowest BCUT2D eigenvalue weighted by Gasteiger charge is -2.23. The van der Waals surface area contributed by atoms with E-state index in [1.807, 2.05) is 0 Å². The van der Waals surface area contributed by atoms with Crippen molar-refractivity contribution < 1.29 is 4.39 Å². The Bertz CT molecular complexity index is 108. The van der Waals surface area contributed by atoms with Gasteiger partial charge in [-0.05, 0) is 19.9 Å². The lowest BCUT2D eigenvalue weighted by atomic mass is 10.1. The number of hydrogen-bond acceptors (Lipinski definition) is 1. The minimum Gasteiger partial charge on any atom is -0.303 e. The molecule has 0 aromatic carbocycles. The van der Waals surface area contributed by atoms with Crippen LogP contribution in [0.15, 0.2) is 0 Å². The fraction of sp³-hybridized carbons (Fsp3) is 1.00. The molecule has 0 spiro atoms. The van der Waals surface area contributed by atoms with Gasteiger partial charge in [0.05, 0.1) is 0 Å². The van der Waals surface area contributed by atoms with Gasteiger partial charge in [0, 0.05) is 18.5 Å². The summed E-state index contributed by atoms with van der Waals surface area (Å²) < 4.78 is 12.8. The molecule has 1 heterocycles. The van der Waals surface area contributed by atoms with Gasteiger partial charge in [-0.25, -0.2) is 4.39 Å². The van der Waals surface area contributed by atoms with Crippen LogP contribution in [0.4, 0.5) is 4.39 Å². The smallest absolute Gasteiger partial charge is 0.106 e. The first-order chi connectivity index (χ1) is 4.27. The molecule has 3 unspecified atom stereocenters. The predicted octanol–water partition coefficient (Wildman–Crippen LogP) is 1.05. The van der Waals surface area contributed by atoms with Gasteiger partial charge in [0.2, 0.25) is 0 Å². The van der Waals surface area contributed by atoms with Crippen LogP contribution in [-0.4, -0.2) is 30.7 Å². The molecule has 52 valence electrons. The summed E-state index contributed by atoms with van der Waals surface area (Å²) >= 11 is 0. The molecule has 0 aromatic rings. The normalized spacial score (nSPS) is 50.7. The van der Waals surface area contributed by atoms with E-state index in [2.05, 4.69) is 11.9 Å². The first kappa shape index (κ1) is 5.66. The average molecular weight is 129 g/mol. The van der Waals surface area contributed by atoms with Crippen LogP contribution in [0.25, 0.3) is 0 Å². The second-order valence-corrected chi connectivity index (χ2v) is 3.34. The molecule has 9 heavy (non-hydrogen) atoms. The highest BCUT2D eigenvalue weighted by Gasteiger charge is 2.42. The van der Waals surface area contributed by atoms with Crippen LogP contribution in [0.5, 0.6) is 0 Å². The highest BCUT2D eigenvalue weighted by Crippen LogP contribution is 2.38. The van der Waals surface area contributed by atoms with E-state index in [-0.39, 0.29) is 0 Å². The number of nitrogens with zero attached hydrogens (tertiary/aromatic N) is 1. The number of piperidine rings is 1. The van der Waals surface area contributed by atoms with Crippen molar-refractivity contribution in [3.63, 3.8) is 0 Å². The van der Waals surface area contributed by atoms with Crippen molar-refractivity contribution in [1.82, 2.24) is 4.90 Å². The number of fused-ring (bicyclic) bond motifs is 2. The summed E-state index contributed by atoms with van der Waals surface area (Å²) in [4.78, 5) is 2.28. The van der Waals surface area contributed by atoms with Crippen LogP contribution in [-0.2, 0) is 0 Å². The quantitative estimate of drug-likeness (QED) is 0.472. The third-order valence-electron chi connectivity index (χ3n) is 2.73. The second-order valence-electron chi connectivity index (χ2n) is 3.34. The maximum Gasteiger partial charge on any atom is 0.106 e. The molecule has 1 nitrogen and oxygen atoms in total. The fourth-order valence-electron chi connectivity index (χ4n) is 2.11. The summed E-state index contributed by atoms with van der Waals surface area (Å²) in [5, 5.41) is 0. The molecule has 2 bridgehead atoms. The van der Waals surface area contributed by atoms with E-state index in [4.69, 9.17) is 0 Å². The minimum atomic E-state index is -0.480. The fourth-order valence-corrected chi connectivity index (χ4v) is 2.11. The summed E-state index contributed by atoms with van der Waals surface area (Å²) in [7, 11) is 2.09. The zero-order valence-electron chi connectivity index (χ0n) is 5.68. The Balaban J connectivity index is 2.10. The number of likely N-dealkylation sites (tertiary alicyclic amines) is 1. The molecule has 3 atom stereocenters. The molecule has 2 heteroatoms. The van der Waals surface area contributed by atoms with Crippen LogP contribution in [0.2, 0.25) is 0 Å². The molecule has 0 amide bonds. The topological polar surface area (TPSA) is 3.24 Å². The number of hydrogen-bond donors (Lipinski definition) is 0.